The monoisotopic (exact) mass is 681 g/mol. The van der Waals surface area contributed by atoms with E-state index in [-0.39, 0.29) is 0 Å². The Morgan fingerprint density at radius 3 is 1.81 bits per heavy atom. The summed E-state index contributed by atoms with van der Waals surface area (Å²) in [6, 6.07) is 60.2. The molecule has 0 amide bonds. The van der Waals surface area contributed by atoms with E-state index in [1.165, 1.54) is 64.0 Å². The molecule has 0 unspecified atom stereocenters. The van der Waals surface area contributed by atoms with Crippen LogP contribution in [0.2, 0.25) is 0 Å². The standard InChI is InChI=1S/C48H31N3S/c1-30-26-42-44-40(24-13-25-43(44)52-45(42)39-23-11-10-21-37(30)39)48-50-46(32-16-6-3-7-17-32)49-47(51-48)35-20-12-19-34(27-35)41-29-36(31-14-4-2-5-15-31)28-33-18-8-9-22-38(33)41/h2-29H,1H3. The lowest BCUT2D eigenvalue weighted by Crippen LogP contribution is -2.00. The molecule has 52 heavy (non-hydrogen) atoms. The Hall–Kier alpha value is -6.49. The highest BCUT2D eigenvalue weighted by Gasteiger charge is 2.19. The summed E-state index contributed by atoms with van der Waals surface area (Å²) in [4.78, 5) is 15.6. The third kappa shape index (κ3) is 5.15. The van der Waals surface area contributed by atoms with Gasteiger partial charge in [-0.15, -0.1) is 11.3 Å². The molecule has 2 heterocycles. The number of benzene rings is 8. The lowest BCUT2D eigenvalue weighted by atomic mass is 9.92. The number of fused-ring (bicyclic) bond motifs is 6. The Bertz CT molecular complexity index is 2970. The molecule has 0 atom stereocenters. The van der Waals surface area contributed by atoms with Crippen LogP contribution < -0.4 is 0 Å². The minimum atomic E-state index is 0.646. The summed E-state index contributed by atoms with van der Waals surface area (Å²) in [7, 11) is 0. The average molecular weight is 682 g/mol. The van der Waals surface area contributed by atoms with Gasteiger partial charge in [0.1, 0.15) is 0 Å². The van der Waals surface area contributed by atoms with Crippen molar-refractivity contribution in [1.82, 2.24) is 15.0 Å². The van der Waals surface area contributed by atoms with Gasteiger partial charge < -0.3 is 0 Å². The van der Waals surface area contributed by atoms with Crippen LogP contribution in [0.4, 0.5) is 0 Å². The molecule has 0 aliphatic carbocycles. The van der Waals surface area contributed by atoms with Gasteiger partial charge in [-0.05, 0) is 86.6 Å². The molecule has 0 saturated heterocycles. The highest BCUT2D eigenvalue weighted by molar-refractivity contribution is 7.26. The number of nitrogens with zero attached hydrogens (tertiary/aromatic N) is 3. The van der Waals surface area contributed by atoms with Crippen molar-refractivity contribution < 1.29 is 0 Å². The summed E-state index contributed by atoms with van der Waals surface area (Å²) in [5.74, 6) is 1.97. The molecule has 0 bridgehead atoms. The van der Waals surface area contributed by atoms with Gasteiger partial charge in [-0.1, -0.05) is 140 Å². The van der Waals surface area contributed by atoms with E-state index in [1.807, 2.05) is 29.5 Å². The fraction of sp³-hybridized carbons (Fsp3) is 0.0208. The zero-order valence-electron chi connectivity index (χ0n) is 28.4. The molecule has 0 spiro atoms. The maximum absolute atomic E-state index is 5.27. The molecule has 0 fully saturated rings. The minimum absolute atomic E-state index is 0.646. The summed E-state index contributed by atoms with van der Waals surface area (Å²) in [5.41, 5.74) is 8.84. The van der Waals surface area contributed by atoms with Gasteiger partial charge in [0.25, 0.3) is 0 Å². The average Bonchev–Trinajstić information content (AvgIpc) is 3.60. The highest BCUT2D eigenvalue weighted by atomic mass is 32.1. The van der Waals surface area contributed by atoms with Gasteiger partial charge in [0, 0.05) is 36.9 Å². The Morgan fingerprint density at radius 1 is 0.385 bits per heavy atom. The van der Waals surface area contributed by atoms with Crippen molar-refractivity contribution in [3.63, 3.8) is 0 Å². The molecule has 0 saturated carbocycles. The second-order valence-corrected chi connectivity index (χ2v) is 14.3. The van der Waals surface area contributed by atoms with E-state index >= 15 is 0 Å². The first-order valence-electron chi connectivity index (χ1n) is 17.5. The zero-order chi connectivity index (χ0) is 34.6. The molecular weight excluding hydrogens is 651 g/mol. The third-order valence-corrected chi connectivity index (χ3v) is 11.2. The van der Waals surface area contributed by atoms with Crippen molar-refractivity contribution in [1.29, 1.82) is 0 Å². The Balaban J connectivity index is 1.19. The lowest BCUT2D eigenvalue weighted by Gasteiger charge is -2.13. The smallest absolute Gasteiger partial charge is 0.164 e. The van der Waals surface area contributed by atoms with E-state index in [4.69, 9.17) is 15.0 Å². The SMILES string of the molecule is Cc1cc2c(sc3cccc(-c4nc(-c5ccccc5)nc(-c5cccc(-c6cc(-c7ccccc7)cc7ccccc67)c5)n4)c32)c2ccccc12. The lowest BCUT2D eigenvalue weighted by molar-refractivity contribution is 1.08. The molecule has 0 aliphatic heterocycles. The number of rotatable bonds is 5. The molecule has 4 heteroatoms. The molecule has 244 valence electrons. The summed E-state index contributed by atoms with van der Waals surface area (Å²) < 4.78 is 2.51. The van der Waals surface area contributed by atoms with E-state index in [1.54, 1.807) is 0 Å². The van der Waals surface area contributed by atoms with Crippen LogP contribution in [-0.2, 0) is 0 Å². The third-order valence-electron chi connectivity index (χ3n) is 10.0. The van der Waals surface area contributed by atoms with Crippen molar-refractivity contribution in [2.24, 2.45) is 0 Å². The first-order valence-corrected chi connectivity index (χ1v) is 18.3. The summed E-state index contributed by atoms with van der Waals surface area (Å²) in [6.07, 6.45) is 0. The largest absolute Gasteiger partial charge is 0.208 e. The van der Waals surface area contributed by atoms with Crippen LogP contribution in [0.1, 0.15) is 5.56 Å². The zero-order valence-corrected chi connectivity index (χ0v) is 29.2. The van der Waals surface area contributed by atoms with Gasteiger partial charge in [0.2, 0.25) is 0 Å². The second-order valence-electron chi connectivity index (χ2n) is 13.3. The maximum Gasteiger partial charge on any atom is 0.164 e. The van der Waals surface area contributed by atoms with Gasteiger partial charge in [-0.2, -0.15) is 0 Å². The van der Waals surface area contributed by atoms with Gasteiger partial charge in [0.05, 0.1) is 0 Å². The maximum atomic E-state index is 5.27. The van der Waals surface area contributed by atoms with E-state index in [0.717, 1.165) is 22.3 Å². The van der Waals surface area contributed by atoms with Crippen molar-refractivity contribution in [3.05, 3.63) is 175 Å². The van der Waals surface area contributed by atoms with Crippen molar-refractivity contribution in [2.75, 3.05) is 0 Å². The normalized spacial score (nSPS) is 11.6. The molecular formula is C48H31N3S. The van der Waals surface area contributed by atoms with Gasteiger partial charge >= 0.3 is 0 Å². The summed E-state index contributed by atoms with van der Waals surface area (Å²) >= 11 is 1.84. The predicted octanol–water partition coefficient (Wildman–Crippen LogP) is 13.2. The summed E-state index contributed by atoms with van der Waals surface area (Å²) in [5, 5.41) is 7.41. The minimum Gasteiger partial charge on any atom is -0.208 e. The first kappa shape index (κ1) is 30.3. The molecule has 10 rings (SSSR count). The van der Waals surface area contributed by atoms with E-state index in [0.29, 0.717) is 17.5 Å². The first-order chi connectivity index (χ1) is 25.7. The van der Waals surface area contributed by atoms with Crippen LogP contribution in [0, 0.1) is 6.92 Å². The highest BCUT2D eigenvalue weighted by Crippen LogP contribution is 2.44. The van der Waals surface area contributed by atoms with E-state index in [9.17, 15) is 0 Å². The topological polar surface area (TPSA) is 38.7 Å². The van der Waals surface area contributed by atoms with Crippen LogP contribution in [0.25, 0.3) is 98.1 Å². The number of hydrogen-bond acceptors (Lipinski definition) is 4. The van der Waals surface area contributed by atoms with E-state index in [2.05, 4.69) is 159 Å². The Morgan fingerprint density at radius 2 is 1.00 bits per heavy atom. The molecule has 0 N–H and O–H groups in total. The number of thiophene rings is 1. The van der Waals surface area contributed by atoms with Crippen molar-refractivity contribution in [2.45, 2.75) is 6.92 Å². The fourth-order valence-electron chi connectivity index (χ4n) is 7.53. The number of aryl methyl sites for hydroxylation is 1. The van der Waals surface area contributed by atoms with Crippen LogP contribution >= 0.6 is 11.3 Å². The number of aromatic nitrogens is 3. The quantitative estimate of drug-likeness (QED) is 0.181. The van der Waals surface area contributed by atoms with Crippen molar-refractivity contribution in [3.8, 4) is 56.4 Å². The fourth-order valence-corrected chi connectivity index (χ4v) is 8.78. The molecule has 8 aromatic carbocycles. The summed E-state index contributed by atoms with van der Waals surface area (Å²) in [6.45, 7) is 2.20. The van der Waals surface area contributed by atoms with Crippen LogP contribution in [0.5, 0.6) is 0 Å². The second kappa shape index (κ2) is 12.4. The molecule has 0 radical (unpaired) electrons. The number of hydrogen-bond donors (Lipinski definition) is 0. The van der Waals surface area contributed by atoms with Crippen molar-refractivity contribution >= 4 is 53.1 Å². The predicted molar refractivity (Wildman–Crippen MR) is 220 cm³/mol. The van der Waals surface area contributed by atoms with E-state index < -0.39 is 0 Å². The molecule has 3 nitrogen and oxygen atoms in total. The van der Waals surface area contributed by atoms with Gasteiger partial charge in [-0.3, -0.25) is 0 Å². The van der Waals surface area contributed by atoms with Gasteiger partial charge in [0.15, 0.2) is 17.5 Å². The van der Waals surface area contributed by atoms with Crippen LogP contribution in [-0.4, -0.2) is 15.0 Å². The van der Waals surface area contributed by atoms with Crippen LogP contribution in [0.15, 0.2) is 170 Å². The Labute approximate surface area is 305 Å². The molecule has 10 aromatic rings. The van der Waals surface area contributed by atoms with Gasteiger partial charge in [-0.25, -0.2) is 15.0 Å². The Kier molecular flexibility index (Phi) is 7.22. The molecule has 2 aromatic heterocycles. The van der Waals surface area contributed by atoms with Crippen LogP contribution in [0.3, 0.4) is 0 Å². The molecule has 0 aliphatic rings.